The summed E-state index contributed by atoms with van der Waals surface area (Å²) in [7, 11) is 0. The van der Waals surface area contributed by atoms with Gasteiger partial charge < -0.3 is 10.0 Å². The third-order valence-electron chi connectivity index (χ3n) is 3.97. The lowest BCUT2D eigenvalue weighted by atomic mass is 10.0. The van der Waals surface area contributed by atoms with E-state index in [9.17, 15) is 9.90 Å². The lowest BCUT2D eigenvalue weighted by Crippen LogP contribution is -2.34. The number of amides is 1. The van der Waals surface area contributed by atoms with Crippen molar-refractivity contribution in [2.45, 2.75) is 25.4 Å². The molecule has 0 bridgehead atoms. The summed E-state index contributed by atoms with van der Waals surface area (Å²) in [6, 6.07) is 14.3. The second-order valence-corrected chi connectivity index (χ2v) is 5.92. The zero-order valence-corrected chi connectivity index (χ0v) is 11.7. The molecule has 20 heavy (non-hydrogen) atoms. The van der Waals surface area contributed by atoms with Crippen LogP contribution in [0.1, 0.15) is 18.9 Å². The number of likely N-dealkylation sites (tertiary alicyclic amines) is 1. The smallest absolute Gasteiger partial charge is 0.227 e. The fourth-order valence-corrected chi connectivity index (χ4v) is 2.79. The van der Waals surface area contributed by atoms with Crippen LogP contribution >= 0.6 is 0 Å². The Morgan fingerprint density at radius 2 is 2.00 bits per heavy atom. The van der Waals surface area contributed by atoms with Crippen molar-refractivity contribution in [3.05, 3.63) is 48.0 Å². The molecule has 1 aliphatic rings. The number of aliphatic hydroxyl groups is 1. The zero-order chi connectivity index (χ0) is 14.2. The maximum absolute atomic E-state index is 12.3. The molecule has 0 saturated carbocycles. The van der Waals surface area contributed by atoms with E-state index in [0.717, 1.165) is 10.9 Å². The highest BCUT2D eigenvalue weighted by Gasteiger charge is 2.33. The maximum Gasteiger partial charge on any atom is 0.227 e. The molecule has 1 atom stereocenters. The standard InChI is InChI=1S/C17H19NO2/c1-17(20)8-9-18(12-17)16(19)11-13-6-7-14-4-2-3-5-15(14)10-13/h2-7,10,20H,8-9,11-12H2,1H3. The minimum Gasteiger partial charge on any atom is -0.388 e. The van der Waals surface area contributed by atoms with Crippen molar-refractivity contribution >= 4 is 16.7 Å². The summed E-state index contributed by atoms with van der Waals surface area (Å²) >= 11 is 0. The van der Waals surface area contributed by atoms with Crippen LogP contribution < -0.4 is 0 Å². The Kier molecular flexibility index (Phi) is 3.22. The van der Waals surface area contributed by atoms with Crippen molar-refractivity contribution < 1.29 is 9.90 Å². The molecule has 0 radical (unpaired) electrons. The molecular formula is C17H19NO2. The van der Waals surface area contributed by atoms with Crippen LogP contribution in [0.4, 0.5) is 0 Å². The average molecular weight is 269 g/mol. The summed E-state index contributed by atoms with van der Waals surface area (Å²) < 4.78 is 0. The number of fused-ring (bicyclic) bond motifs is 1. The highest BCUT2D eigenvalue weighted by atomic mass is 16.3. The van der Waals surface area contributed by atoms with Crippen LogP contribution in [0.3, 0.4) is 0 Å². The van der Waals surface area contributed by atoms with E-state index >= 15 is 0 Å². The van der Waals surface area contributed by atoms with E-state index in [1.165, 1.54) is 5.39 Å². The third kappa shape index (κ3) is 2.68. The first-order chi connectivity index (χ1) is 9.53. The molecule has 3 rings (SSSR count). The third-order valence-corrected chi connectivity index (χ3v) is 3.97. The Bertz CT molecular complexity index is 648. The van der Waals surface area contributed by atoms with Crippen molar-refractivity contribution in [1.82, 2.24) is 4.90 Å². The molecule has 1 heterocycles. The number of hydrogen-bond donors (Lipinski definition) is 1. The second-order valence-electron chi connectivity index (χ2n) is 5.92. The van der Waals surface area contributed by atoms with Gasteiger partial charge in [-0.25, -0.2) is 0 Å². The molecule has 104 valence electrons. The van der Waals surface area contributed by atoms with Crippen LogP contribution in [0.25, 0.3) is 10.8 Å². The van der Waals surface area contributed by atoms with Crippen molar-refractivity contribution in [2.75, 3.05) is 13.1 Å². The van der Waals surface area contributed by atoms with Crippen LogP contribution in [-0.2, 0) is 11.2 Å². The molecule has 0 spiro atoms. The summed E-state index contributed by atoms with van der Waals surface area (Å²) in [4.78, 5) is 14.0. The number of carbonyl (C=O) groups excluding carboxylic acids is 1. The normalized spacial score (nSPS) is 22.4. The molecule has 2 aromatic rings. The molecule has 1 unspecified atom stereocenters. The van der Waals surface area contributed by atoms with Gasteiger partial charge in [-0.15, -0.1) is 0 Å². The van der Waals surface area contributed by atoms with Crippen LogP contribution in [0.2, 0.25) is 0 Å². The second kappa shape index (κ2) is 4.91. The van der Waals surface area contributed by atoms with Crippen molar-refractivity contribution in [3.8, 4) is 0 Å². The van der Waals surface area contributed by atoms with Crippen LogP contribution in [0.15, 0.2) is 42.5 Å². The van der Waals surface area contributed by atoms with E-state index in [0.29, 0.717) is 25.9 Å². The highest BCUT2D eigenvalue weighted by molar-refractivity contribution is 5.85. The minimum atomic E-state index is -0.723. The molecule has 1 fully saturated rings. The Morgan fingerprint density at radius 1 is 1.25 bits per heavy atom. The Balaban J connectivity index is 1.74. The lowest BCUT2D eigenvalue weighted by molar-refractivity contribution is -0.130. The summed E-state index contributed by atoms with van der Waals surface area (Å²) in [6.07, 6.45) is 1.07. The van der Waals surface area contributed by atoms with Gasteiger partial charge in [-0.1, -0.05) is 42.5 Å². The summed E-state index contributed by atoms with van der Waals surface area (Å²) in [5.41, 5.74) is 0.305. The minimum absolute atomic E-state index is 0.0954. The van der Waals surface area contributed by atoms with Gasteiger partial charge in [0.1, 0.15) is 0 Å². The van der Waals surface area contributed by atoms with Crippen molar-refractivity contribution in [1.29, 1.82) is 0 Å². The van der Waals surface area contributed by atoms with E-state index in [4.69, 9.17) is 0 Å². The first kappa shape index (κ1) is 13.1. The van der Waals surface area contributed by atoms with Crippen LogP contribution in [0.5, 0.6) is 0 Å². The zero-order valence-electron chi connectivity index (χ0n) is 11.7. The monoisotopic (exact) mass is 269 g/mol. The van der Waals surface area contributed by atoms with Gasteiger partial charge >= 0.3 is 0 Å². The van der Waals surface area contributed by atoms with Crippen molar-refractivity contribution in [2.24, 2.45) is 0 Å². The Labute approximate surface area is 118 Å². The largest absolute Gasteiger partial charge is 0.388 e. The molecule has 0 aliphatic carbocycles. The molecule has 1 N–H and O–H groups in total. The number of β-amino-alcohol motifs (C(OH)–C–C–N with tert-alkyl or cyclic N) is 1. The first-order valence-electron chi connectivity index (χ1n) is 7.01. The molecular weight excluding hydrogens is 250 g/mol. The molecule has 1 amide bonds. The van der Waals surface area contributed by atoms with Gasteiger partial charge in [0, 0.05) is 13.1 Å². The lowest BCUT2D eigenvalue weighted by Gasteiger charge is -2.19. The maximum atomic E-state index is 12.3. The first-order valence-corrected chi connectivity index (χ1v) is 7.01. The van der Waals surface area contributed by atoms with Gasteiger partial charge in [-0.3, -0.25) is 4.79 Å². The number of benzene rings is 2. The Hall–Kier alpha value is -1.87. The number of rotatable bonds is 2. The van der Waals surface area contributed by atoms with Gasteiger partial charge in [-0.05, 0) is 29.7 Å². The number of hydrogen-bond acceptors (Lipinski definition) is 2. The van der Waals surface area contributed by atoms with Crippen LogP contribution in [0, 0.1) is 0 Å². The van der Waals surface area contributed by atoms with Gasteiger partial charge in [0.15, 0.2) is 0 Å². The van der Waals surface area contributed by atoms with E-state index < -0.39 is 5.60 Å². The van der Waals surface area contributed by atoms with Crippen molar-refractivity contribution in [3.63, 3.8) is 0 Å². The molecule has 0 aromatic heterocycles. The Morgan fingerprint density at radius 3 is 2.70 bits per heavy atom. The van der Waals surface area contributed by atoms with Gasteiger partial charge in [-0.2, -0.15) is 0 Å². The summed E-state index contributed by atoms with van der Waals surface area (Å²) in [5.74, 6) is 0.0954. The number of carbonyl (C=O) groups is 1. The van der Waals surface area contributed by atoms with E-state index in [2.05, 4.69) is 24.3 Å². The molecule has 2 aromatic carbocycles. The van der Waals surface area contributed by atoms with E-state index in [1.54, 1.807) is 11.8 Å². The molecule has 1 aliphatic heterocycles. The van der Waals surface area contributed by atoms with Gasteiger partial charge in [0.2, 0.25) is 5.91 Å². The topological polar surface area (TPSA) is 40.5 Å². The SMILES string of the molecule is CC1(O)CCN(C(=O)Cc2ccc3ccccc3c2)C1. The predicted molar refractivity (Wildman–Crippen MR) is 79.5 cm³/mol. The van der Waals surface area contributed by atoms with Crippen LogP contribution in [-0.4, -0.2) is 34.6 Å². The predicted octanol–water partition coefficient (Wildman–Crippen LogP) is 2.37. The molecule has 3 nitrogen and oxygen atoms in total. The van der Waals surface area contributed by atoms with Gasteiger partial charge in [0.05, 0.1) is 12.0 Å². The quantitative estimate of drug-likeness (QED) is 0.909. The highest BCUT2D eigenvalue weighted by Crippen LogP contribution is 2.22. The number of nitrogens with zero attached hydrogens (tertiary/aromatic N) is 1. The molecule has 3 heteroatoms. The fraction of sp³-hybridized carbons (Fsp3) is 0.353. The molecule has 1 saturated heterocycles. The van der Waals surface area contributed by atoms with E-state index in [1.807, 2.05) is 18.2 Å². The average Bonchev–Trinajstić information content (AvgIpc) is 2.79. The summed E-state index contributed by atoms with van der Waals surface area (Å²) in [6.45, 7) is 2.88. The van der Waals surface area contributed by atoms with E-state index in [-0.39, 0.29) is 5.91 Å². The fourth-order valence-electron chi connectivity index (χ4n) is 2.79. The summed E-state index contributed by atoms with van der Waals surface area (Å²) in [5, 5.41) is 12.3. The van der Waals surface area contributed by atoms with Gasteiger partial charge in [0.25, 0.3) is 0 Å².